The second-order valence-corrected chi connectivity index (χ2v) is 6.95. The third-order valence-electron chi connectivity index (χ3n) is 4.24. The van der Waals surface area contributed by atoms with Crippen LogP contribution in [0, 0.1) is 12.8 Å². The van der Waals surface area contributed by atoms with Crippen molar-refractivity contribution in [2.24, 2.45) is 5.92 Å². The van der Waals surface area contributed by atoms with Crippen molar-refractivity contribution in [2.75, 3.05) is 0 Å². The topological polar surface area (TPSA) is 24.9 Å². The second kappa shape index (κ2) is 5.70. The number of rotatable bonds is 5. The largest absolute Gasteiger partial charge is 0.305 e. The van der Waals surface area contributed by atoms with Crippen molar-refractivity contribution in [1.29, 1.82) is 0 Å². The van der Waals surface area contributed by atoms with Crippen LogP contribution in [-0.4, -0.2) is 11.0 Å². The summed E-state index contributed by atoms with van der Waals surface area (Å²) in [7, 11) is 0. The Morgan fingerprint density at radius 1 is 1.28 bits per heavy atom. The second-order valence-electron chi connectivity index (χ2n) is 6.06. The average molecular weight is 264 g/mol. The number of nitrogens with zero attached hydrogens (tertiary/aromatic N) is 1. The third-order valence-corrected chi connectivity index (χ3v) is 5.32. The summed E-state index contributed by atoms with van der Waals surface area (Å²) in [5, 5.41) is 7.33. The molecule has 2 nitrogen and oxygen atoms in total. The van der Waals surface area contributed by atoms with Gasteiger partial charge in [0.25, 0.3) is 0 Å². The van der Waals surface area contributed by atoms with E-state index in [0.717, 1.165) is 12.0 Å². The zero-order chi connectivity index (χ0) is 12.4. The van der Waals surface area contributed by atoms with Gasteiger partial charge in [-0.1, -0.05) is 32.1 Å². The van der Waals surface area contributed by atoms with Crippen LogP contribution < -0.4 is 5.32 Å². The van der Waals surface area contributed by atoms with Crippen molar-refractivity contribution in [3.05, 3.63) is 16.1 Å². The van der Waals surface area contributed by atoms with Gasteiger partial charge in [0, 0.05) is 17.1 Å². The first-order valence-electron chi connectivity index (χ1n) is 7.49. The highest BCUT2D eigenvalue weighted by Gasteiger charge is 2.28. The van der Waals surface area contributed by atoms with E-state index in [1.54, 1.807) is 0 Å². The van der Waals surface area contributed by atoms with Crippen LogP contribution in [0.3, 0.4) is 0 Å². The highest BCUT2D eigenvalue weighted by molar-refractivity contribution is 7.09. The van der Waals surface area contributed by atoms with Crippen LogP contribution >= 0.6 is 11.3 Å². The molecule has 0 spiro atoms. The summed E-state index contributed by atoms with van der Waals surface area (Å²) in [5.41, 5.74) is 1.18. The van der Waals surface area contributed by atoms with Crippen LogP contribution in [0.5, 0.6) is 0 Å². The summed E-state index contributed by atoms with van der Waals surface area (Å²) in [6.45, 7) is 2.11. The van der Waals surface area contributed by atoms with Crippen LogP contribution in [-0.2, 0) is 0 Å². The van der Waals surface area contributed by atoms with Crippen LogP contribution in [0.4, 0.5) is 0 Å². The quantitative estimate of drug-likeness (QED) is 0.861. The van der Waals surface area contributed by atoms with Crippen molar-refractivity contribution in [1.82, 2.24) is 10.3 Å². The molecular formula is C15H24N2S. The maximum atomic E-state index is 4.71. The summed E-state index contributed by atoms with van der Waals surface area (Å²) in [5.74, 6) is 0.930. The van der Waals surface area contributed by atoms with Crippen molar-refractivity contribution < 1.29 is 0 Å². The molecule has 2 aliphatic rings. The minimum atomic E-state index is 0.527. The molecule has 0 bridgehead atoms. The Kier molecular flexibility index (Phi) is 4.00. The van der Waals surface area contributed by atoms with Gasteiger partial charge in [0.15, 0.2) is 0 Å². The summed E-state index contributed by atoms with van der Waals surface area (Å²) < 4.78 is 0. The van der Waals surface area contributed by atoms with E-state index in [1.807, 2.05) is 11.3 Å². The zero-order valence-electron chi connectivity index (χ0n) is 11.3. The molecule has 3 rings (SSSR count). The van der Waals surface area contributed by atoms with Gasteiger partial charge >= 0.3 is 0 Å². The highest BCUT2D eigenvalue weighted by atomic mass is 32.1. The molecule has 1 aromatic rings. The molecule has 1 N–H and O–H groups in total. The number of hydrogen-bond donors (Lipinski definition) is 1. The summed E-state index contributed by atoms with van der Waals surface area (Å²) >= 11 is 1.84. The van der Waals surface area contributed by atoms with E-state index in [1.165, 1.54) is 62.1 Å². The van der Waals surface area contributed by atoms with E-state index < -0.39 is 0 Å². The zero-order valence-corrected chi connectivity index (χ0v) is 12.1. The van der Waals surface area contributed by atoms with Gasteiger partial charge in [-0.2, -0.15) is 0 Å². The van der Waals surface area contributed by atoms with Gasteiger partial charge in [-0.25, -0.2) is 4.98 Å². The van der Waals surface area contributed by atoms with Gasteiger partial charge in [0.1, 0.15) is 5.01 Å². The monoisotopic (exact) mass is 264 g/mol. The number of aryl methyl sites for hydroxylation is 1. The molecule has 1 atom stereocenters. The first-order valence-corrected chi connectivity index (χ1v) is 8.37. The lowest BCUT2D eigenvalue weighted by Gasteiger charge is -2.26. The van der Waals surface area contributed by atoms with Crippen LogP contribution in [0.25, 0.3) is 0 Å². The summed E-state index contributed by atoms with van der Waals surface area (Å²) in [6, 6.07) is 1.31. The standard InChI is InChI=1S/C15H24N2S/c1-11-10-18-15(16-11)14(17-13-7-8-13)9-12-5-3-2-4-6-12/h10,12-14,17H,2-9H2,1H3. The lowest BCUT2D eigenvalue weighted by atomic mass is 9.85. The number of aromatic nitrogens is 1. The molecule has 3 heteroatoms. The Morgan fingerprint density at radius 2 is 2.06 bits per heavy atom. The summed E-state index contributed by atoms with van der Waals surface area (Å²) in [4.78, 5) is 4.71. The van der Waals surface area contributed by atoms with Crippen molar-refractivity contribution in [2.45, 2.75) is 70.4 Å². The van der Waals surface area contributed by atoms with Crippen molar-refractivity contribution >= 4 is 11.3 Å². The maximum absolute atomic E-state index is 4.71. The molecule has 2 aliphatic carbocycles. The van der Waals surface area contributed by atoms with Crippen molar-refractivity contribution in [3.63, 3.8) is 0 Å². The Hall–Kier alpha value is -0.410. The molecule has 2 fully saturated rings. The van der Waals surface area contributed by atoms with E-state index >= 15 is 0 Å². The van der Waals surface area contributed by atoms with E-state index in [4.69, 9.17) is 4.98 Å². The minimum absolute atomic E-state index is 0.527. The molecule has 18 heavy (non-hydrogen) atoms. The third kappa shape index (κ3) is 3.33. The number of thiazole rings is 1. The number of hydrogen-bond acceptors (Lipinski definition) is 3. The molecule has 1 unspecified atom stereocenters. The fourth-order valence-electron chi connectivity index (χ4n) is 3.06. The van der Waals surface area contributed by atoms with E-state index in [-0.39, 0.29) is 0 Å². The first kappa shape index (κ1) is 12.6. The molecular weight excluding hydrogens is 240 g/mol. The van der Waals surface area contributed by atoms with Gasteiger partial charge in [0.05, 0.1) is 6.04 Å². The van der Waals surface area contributed by atoms with E-state index in [0.29, 0.717) is 6.04 Å². The smallest absolute Gasteiger partial charge is 0.110 e. The van der Waals surface area contributed by atoms with Crippen LogP contribution in [0.2, 0.25) is 0 Å². The molecule has 2 saturated carbocycles. The molecule has 100 valence electrons. The van der Waals surface area contributed by atoms with Gasteiger partial charge in [-0.3, -0.25) is 0 Å². The highest BCUT2D eigenvalue weighted by Crippen LogP contribution is 2.35. The average Bonchev–Trinajstić information content (AvgIpc) is 3.10. The first-order chi connectivity index (χ1) is 8.81. The Bertz CT molecular complexity index is 378. The lowest BCUT2D eigenvalue weighted by molar-refractivity contribution is 0.298. The van der Waals surface area contributed by atoms with Crippen LogP contribution in [0.1, 0.15) is 68.1 Å². The predicted octanol–water partition coefficient (Wildman–Crippen LogP) is 4.22. The molecule has 0 aliphatic heterocycles. The van der Waals surface area contributed by atoms with Crippen molar-refractivity contribution in [3.8, 4) is 0 Å². The lowest BCUT2D eigenvalue weighted by Crippen LogP contribution is -2.26. The molecule has 1 aromatic heterocycles. The van der Waals surface area contributed by atoms with E-state index in [9.17, 15) is 0 Å². The predicted molar refractivity (Wildman–Crippen MR) is 76.9 cm³/mol. The number of nitrogens with one attached hydrogen (secondary N) is 1. The maximum Gasteiger partial charge on any atom is 0.110 e. The van der Waals surface area contributed by atoms with Gasteiger partial charge in [-0.15, -0.1) is 11.3 Å². The Labute approximate surface area is 114 Å². The molecule has 0 radical (unpaired) electrons. The Morgan fingerprint density at radius 3 is 2.67 bits per heavy atom. The fourth-order valence-corrected chi connectivity index (χ4v) is 3.93. The minimum Gasteiger partial charge on any atom is -0.305 e. The molecule has 0 amide bonds. The molecule has 0 saturated heterocycles. The molecule has 0 aromatic carbocycles. The SMILES string of the molecule is Cc1csc(C(CC2CCCCC2)NC2CC2)n1. The Balaban J connectivity index is 1.64. The summed E-state index contributed by atoms with van der Waals surface area (Å²) in [6.07, 6.45) is 11.3. The van der Waals surface area contributed by atoms with E-state index in [2.05, 4.69) is 17.6 Å². The van der Waals surface area contributed by atoms with Crippen LogP contribution in [0.15, 0.2) is 5.38 Å². The van der Waals surface area contributed by atoms with Gasteiger partial charge < -0.3 is 5.32 Å². The van der Waals surface area contributed by atoms with Gasteiger partial charge in [-0.05, 0) is 32.1 Å². The normalized spacial score (nSPS) is 23.2. The fraction of sp³-hybridized carbons (Fsp3) is 0.800. The van der Waals surface area contributed by atoms with Gasteiger partial charge in [0.2, 0.25) is 0 Å². The molecule has 1 heterocycles.